The van der Waals surface area contributed by atoms with E-state index in [1.807, 2.05) is 19.1 Å². The fraction of sp³-hybridized carbons (Fsp3) is 0.600. The highest BCUT2D eigenvalue weighted by Crippen LogP contribution is 2.31. The standard InChI is InChI=1S/C15H22BrNO3/c1-3-17-15(14-10-18-7-8-20-14)12-6-5-11(19-4-2)9-13(12)16/h5-6,9,14-15,17H,3-4,7-8,10H2,1-2H3. The van der Waals surface area contributed by atoms with Crippen LogP contribution in [-0.4, -0.2) is 39.1 Å². The Kier molecular flexibility index (Phi) is 6.29. The number of hydrogen-bond donors (Lipinski definition) is 1. The van der Waals surface area contributed by atoms with Gasteiger partial charge in [0.05, 0.1) is 32.5 Å². The Morgan fingerprint density at radius 3 is 2.85 bits per heavy atom. The molecule has 1 saturated heterocycles. The van der Waals surface area contributed by atoms with Crippen molar-refractivity contribution in [3.63, 3.8) is 0 Å². The molecular formula is C15H22BrNO3. The maximum atomic E-state index is 5.84. The SMILES string of the molecule is CCNC(c1ccc(OCC)cc1Br)C1COCCO1. The van der Waals surface area contributed by atoms with E-state index in [2.05, 4.69) is 34.2 Å². The van der Waals surface area contributed by atoms with E-state index in [0.29, 0.717) is 26.4 Å². The van der Waals surface area contributed by atoms with Gasteiger partial charge in [-0.15, -0.1) is 0 Å². The predicted octanol–water partition coefficient (Wildman–Crippen LogP) is 2.91. The normalized spacial score (nSPS) is 20.6. The number of hydrogen-bond acceptors (Lipinski definition) is 4. The third kappa shape index (κ3) is 3.95. The molecule has 0 spiro atoms. The smallest absolute Gasteiger partial charge is 0.120 e. The molecule has 0 aromatic heterocycles. The van der Waals surface area contributed by atoms with Crippen molar-refractivity contribution in [2.45, 2.75) is 26.0 Å². The van der Waals surface area contributed by atoms with E-state index in [0.717, 1.165) is 16.8 Å². The maximum Gasteiger partial charge on any atom is 0.120 e. The Hall–Kier alpha value is -0.620. The largest absolute Gasteiger partial charge is 0.494 e. The molecule has 1 fully saturated rings. The van der Waals surface area contributed by atoms with Gasteiger partial charge in [-0.3, -0.25) is 0 Å². The summed E-state index contributed by atoms with van der Waals surface area (Å²) in [7, 11) is 0. The molecule has 1 N–H and O–H groups in total. The minimum Gasteiger partial charge on any atom is -0.494 e. The average molecular weight is 344 g/mol. The number of ether oxygens (including phenoxy) is 3. The zero-order chi connectivity index (χ0) is 14.4. The second-order valence-corrected chi connectivity index (χ2v) is 5.49. The van der Waals surface area contributed by atoms with Crippen molar-refractivity contribution >= 4 is 15.9 Å². The van der Waals surface area contributed by atoms with E-state index in [9.17, 15) is 0 Å². The molecule has 1 aliphatic heterocycles. The van der Waals surface area contributed by atoms with Gasteiger partial charge < -0.3 is 19.5 Å². The lowest BCUT2D eigenvalue weighted by molar-refractivity contribution is -0.102. The van der Waals surface area contributed by atoms with Crippen LogP contribution in [0, 0.1) is 0 Å². The molecule has 2 unspecified atom stereocenters. The van der Waals surface area contributed by atoms with Crippen molar-refractivity contribution in [3.8, 4) is 5.75 Å². The van der Waals surface area contributed by atoms with Crippen molar-refractivity contribution in [2.75, 3.05) is 33.0 Å². The molecule has 0 saturated carbocycles. The first-order chi connectivity index (χ1) is 9.76. The Morgan fingerprint density at radius 2 is 2.25 bits per heavy atom. The zero-order valence-electron chi connectivity index (χ0n) is 12.0. The summed E-state index contributed by atoms with van der Waals surface area (Å²) in [5.74, 6) is 0.874. The molecule has 0 radical (unpaired) electrons. The van der Waals surface area contributed by atoms with E-state index < -0.39 is 0 Å². The molecule has 0 aliphatic carbocycles. The van der Waals surface area contributed by atoms with Gasteiger partial charge in [-0.25, -0.2) is 0 Å². The molecule has 4 nitrogen and oxygen atoms in total. The van der Waals surface area contributed by atoms with Crippen molar-refractivity contribution in [2.24, 2.45) is 0 Å². The van der Waals surface area contributed by atoms with Gasteiger partial charge >= 0.3 is 0 Å². The number of likely N-dealkylation sites (N-methyl/N-ethyl adjacent to an activating group) is 1. The Balaban J connectivity index is 2.19. The van der Waals surface area contributed by atoms with E-state index >= 15 is 0 Å². The second-order valence-electron chi connectivity index (χ2n) is 4.64. The van der Waals surface area contributed by atoms with Gasteiger partial charge in [-0.2, -0.15) is 0 Å². The quantitative estimate of drug-likeness (QED) is 0.861. The molecule has 0 amide bonds. The van der Waals surface area contributed by atoms with Crippen molar-refractivity contribution in [3.05, 3.63) is 28.2 Å². The molecule has 5 heteroatoms. The maximum absolute atomic E-state index is 5.84. The first kappa shape index (κ1) is 15.8. The molecule has 1 aromatic rings. The molecule has 2 rings (SSSR count). The fourth-order valence-electron chi connectivity index (χ4n) is 2.38. The third-order valence-corrected chi connectivity index (χ3v) is 3.94. The van der Waals surface area contributed by atoms with E-state index in [1.165, 1.54) is 5.56 Å². The number of nitrogens with one attached hydrogen (secondary N) is 1. The van der Waals surface area contributed by atoms with Crippen LogP contribution in [0.3, 0.4) is 0 Å². The first-order valence-corrected chi connectivity index (χ1v) is 7.90. The van der Waals surface area contributed by atoms with E-state index in [4.69, 9.17) is 14.2 Å². The Labute approximate surface area is 128 Å². The average Bonchev–Trinajstić information content (AvgIpc) is 2.47. The highest BCUT2D eigenvalue weighted by atomic mass is 79.9. The summed E-state index contributed by atoms with van der Waals surface area (Å²) in [5.41, 5.74) is 1.17. The van der Waals surface area contributed by atoms with Crippen LogP contribution in [0.1, 0.15) is 25.5 Å². The molecule has 1 aliphatic rings. The predicted molar refractivity (Wildman–Crippen MR) is 82.3 cm³/mol. The van der Waals surface area contributed by atoms with Gasteiger partial charge in [0.2, 0.25) is 0 Å². The van der Waals surface area contributed by atoms with Crippen LogP contribution in [0.15, 0.2) is 22.7 Å². The van der Waals surface area contributed by atoms with Crippen LogP contribution in [-0.2, 0) is 9.47 Å². The Bertz CT molecular complexity index is 422. The first-order valence-electron chi connectivity index (χ1n) is 7.11. The highest BCUT2D eigenvalue weighted by molar-refractivity contribution is 9.10. The molecule has 0 bridgehead atoms. The second kappa shape index (κ2) is 7.98. The minimum atomic E-state index is 0.0398. The summed E-state index contributed by atoms with van der Waals surface area (Å²) in [6.07, 6.45) is 0.0398. The van der Waals surface area contributed by atoms with Crippen LogP contribution < -0.4 is 10.1 Å². The van der Waals surface area contributed by atoms with Crippen LogP contribution in [0.5, 0.6) is 5.75 Å². The van der Waals surface area contributed by atoms with E-state index in [-0.39, 0.29) is 12.1 Å². The lowest BCUT2D eigenvalue weighted by Gasteiger charge is -2.32. The van der Waals surface area contributed by atoms with Gasteiger partial charge in [0, 0.05) is 4.47 Å². The zero-order valence-corrected chi connectivity index (χ0v) is 13.6. The van der Waals surface area contributed by atoms with Gasteiger partial charge in [-0.05, 0) is 31.2 Å². The molecule has 20 heavy (non-hydrogen) atoms. The van der Waals surface area contributed by atoms with Crippen LogP contribution >= 0.6 is 15.9 Å². The fourth-order valence-corrected chi connectivity index (χ4v) is 2.98. The van der Waals surface area contributed by atoms with E-state index in [1.54, 1.807) is 0 Å². The Morgan fingerprint density at radius 1 is 1.40 bits per heavy atom. The van der Waals surface area contributed by atoms with Crippen molar-refractivity contribution in [1.82, 2.24) is 5.32 Å². The minimum absolute atomic E-state index is 0.0398. The monoisotopic (exact) mass is 343 g/mol. The summed E-state index contributed by atoms with van der Waals surface area (Å²) >= 11 is 3.64. The van der Waals surface area contributed by atoms with Crippen molar-refractivity contribution < 1.29 is 14.2 Å². The molecule has 1 aromatic carbocycles. The van der Waals surface area contributed by atoms with Crippen LogP contribution in [0.25, 0.3) is 0 Å². The van der Waals surface area contributed by atoms with Crippen molar-refractivity contribution in [1.29, 1.82) is 0 Å². The topological polar surface area (TPSA) is 39.7 Å². The molecule has 112 valence electrons. The third-order valence-electron chi connectivity index (χ3n) is 3.26. The van der Waals surface area contributed by atoms with Crippen LogP contribution in [0.4, 0.5) is 0 Å². The van der Waals surface area contributed by atoms with Gasteiger partial charge in [0.1, 0.15) is 11.9 Å². The van der Waals surface area contributed by atoms with Gasteiger partial charge in [0.15, 0.2) is 0 Å². The molecule has 1 heterocycles. The molecular weight excluding hydrogens is 322 g/mol. The number of halogens is 1. The summed E-state index contributed by atoms with van der Waals surface area (Å²) in [4.78, 5) is 0. The lowest BCUT2D eigenvalue weighted by Crippen LogP contribution is -2.40. The summed E-state index contributed by atoms with van der Waals surface area (Å²) in [6, 6.07) is 6.20. The number of benzene rings is 1. The lowest BCUT2D eigenvalue weighted by atomic mass is 10.0. The van der Waals surface area contributed by atoms with Gasteiger partial charge in [0.25, 0.3) is 0 Å². The summed E-state index contributed by atoms with van der Waals surface area (Å²) in [5, 5.41) is 3.49. The number of rotatable bonds is 6. The summed E-state index contributed by atoms with van der Waals surface area (Å²) in [6.45, 7) is 7.58. The summed E-state index contributed by atoms with van der Waals surface area (Å²) < 4.78 is 17.9. The highest BCUT2D eigenvalue weighted by Gasteiger charge is 2.27. The van der Waals surface area contributed by atoms with Crippen LogP contribution in [0.2, 0.25) is 0 Å². The molecule has 2 atom stereocenters. The van der Waals surface area contributed by atoms with Gasteiger partial charge in [-0.1, -0.05) is 28.9 Å².